The summed E-state index contributed by atoms with van der Waals surface area (Å²) in [5.74, 6) is -6.83. The molecule has 1 N–H and O–H groups in total. The van der Waals surface area contributed by atoms with E-state index in [2.05, 4.69) is 15.5 Å². The van der Waals surface area contributed by atoms with Gasteiger partial charge in [-0.2, -0.15) is 50.6 Å². The molecule has 40 heavy (non-hydrogen) atoms. The van der Waals surface area contributed by atoms with Crippen molar-refractivity contribution in [2.24, 2.45) is 7.05 Å². The molecule has 1 aromatic carbocycles. The summed E-state index contributed by atoms with van der Waals surface area (Å²) in [4.78, 5) is 12.9. The van der Waals surface area contributed by atoms with Crippen LogP contribution < -0.4 is 10.2 Å². The summed E-state index contributed by atoms with van der Waals surface area (Å²) in [7, 11) is 1.68. The number of halogens is 9. The normalized spacial score (nSPS) is 15.1. The standard InChI is InChI=1S/C23H18ClF8N7O/c1-37(11-21(25,26)27)16-17(22(28,29)23(30,31)32)36-38(2)19(16)39-9-13(8-34-39)12-3-4-15(24)14(7-12)18(40)35-20(10-33)5-6-20/h3-4,7-9H,5-6,11H2,1-2H3,(H,35,40). The molecule has 8 nitrogen and oxygen atoms in total. The third-order valence-electron chi connectivity index (χ3n) is 6.10. The summed E-state index contributed by atoms with van der Waals surface area (Å²) in [6, 6.07) is 6.17. The van der Waals surface area contributed by atoms with Crippen LogP contribution in [0.15, 0.2) is 30.6 Å². The number of carbonyl (C=O) groups excluding carboxylic acids is 1. The lowest BCUT2D eigenvalue weighted by atomic mass is 10.1. The van der Waals surface area contributed by atoms with Gasteiger partial charge in [0.25, 0.3) is 5.91 Å². The summed E-state index contributed by atoms with van der Waals surface area (Å²) in [6.07, 6.45) is -7.86. The maximum atomic E-state index is 14.4. The zero-order valence-electron chi connectivity index (χ0n) is 20.5. The van der Waals surface area contributed by atoms with E-state index in [1.165, 1.54) is 18.2 Å². The van der Waals surface area contributed by atoms with Crippen molar-refractivity contribution < 1.29 is 39.9 Å². The summed E-state index contributed by atoms with van der Waals surface area (Å²) >= 11 is 6.15. The fraction of sp³-hybridized carbons (Fsp3) is 0.391. The molecule has 3 aromatic rings. The molecule has 1 fully saturated rings. The first-order chi connectivity index (χ1) is 18.4. The van der Waals surface area contributed by atoms with Gasteiger partial charge in [0.05, 0.1) is 22.9 Å². The van der Waals surface area contributed by atoms with Crippen molar-refractivity contribution in [2.45, 2.75) is 36.7 Å². The third-order valence-corrected chi connectivity index (χ3v) is 6.43. The number of benzene rings is 1. The number of nitriles is 1. The zero-order valence-corrected chi connectivity index (χ0v) is 21.3. The lowest BCUT2D eigenvalue weighted by Crippen LogP contribution is -2.37. The predicted octanol–water partition coefficient (Wildman–Crippen LogP) is 5.36. The molecule has 17 heteroatoms. The molecule has 2 aromatic heterocycles. The van der Waals surface area contributed by atoms with Gasteiger partial charge in [-0.25, -0.2) is 9.36 Å². The molecule has 0 radical (unpaired) electrons. The quantitative estimate of drug-likeness (QED) is 0.371. The van der Waals surface area contributed by atoms with Crippen LogP contribution in [0.25, 0.3) is 16.9 Å². The van der Waals surface area contributed by atoms with Crippen LogP contribution in [-0.2, 0) is 13.0 Å². The molecule has 0 bridgehead atoms. The van der Waals surface area contributed by atoms with Gasteiger partial charge in [-0.05, 0) is 30.5 Å². The smallest absolute Gasteiger partial charge is 0.361 e. The van der Waals surface area contributed by atoms with Gasteiger partial charge in [0.2, 0.25) is 0 Å². The Hall–Kier alpha value is -3.87. The van der Waals surface area contributed by atoms with E-state index in [1.807, 2.05) is 6.07 Å². The third kappa shape index (κ3) is 5.42. The molecule has 1 amide bonds. The lowest BCUT2D eigenvalue weighted by molar-refractivity contribution is -0.290. The van der Waals surface area contributed by atoms with Crippen LogP contribution in [0.1, 0.15) is 28.9 Å². The minimum atomic E-state index is -6.15. The molecule has 1 aliphatic rings. The highest BCUT2D eigenvalue weighted by molar-refractivity contribution is 6.34. The van der Waals surface area contributed by atoms with Crippen LogP contribution in [-0.4, -0.2) is 57.0 Å². The van der Waals surface area contributed by atoms with Crippen molar-refractivity contribution in [2.75, 3.05) is 18.5 Å². The molecular formula is C23H18ClF8N7O. The first kappa shape index (κ1) is 29.1. The molecule has 4 rings (SSSR count). The highest BCUT2D eigenvalue weighted by atomic mass is 35.5. The number of rotatable bonds is 7. The van der Waals surface area contributed by atoms with E-state index >= 15 is 0 Å². The number of anilines is 1. The Kier molecular flexibility index (Phi) is 7.02. The van der Waals surface area contributed by atoms with E-state index in [0.717, 1.165) is 24.1 Å². The molecule has 1 aliphatic carbocycles. The fourth-order valence-corrected chi connectivity index (χ4v) is 4.15. The fourth-order valence-electron chi connectivity index (χ4n) is 3.95. The van der Waals surface area contributed by atoms with Crippen LogP contribution >= 0.6 is 11.6 Å². The van der Waals surface area contributed by atoms with E-state index < -0.39 is 53.5 Å². The summed E-state index contributed by atoms with van der Waals surface area (Å²) < 4.78 is 109. The van der Waals surface area contributed by atoms with Gasteiger partial charge >= 0.3 is 18.3 Å². The van der Waals surface area contributed by atoms with Gasteiger partial charge in [-0.15, -0.1) is 0 Å². The van der Waals surface area contributed by atoms with Crippen molar-refractivity contribution in [3.8, 4) is 23.0 Å². The second-order valence-corrected chi connectivity index (χ2v) is 9.61. The first-order valence-electron chi connectivity index (χ1n) is 11.3. The Morgan fingerprint density at radius 1 is 1.18 bits per heavy atom. The largest absolute Gasteiger partial charge is 0.459 e. The summed E-state index contributed by atoms with van der Waals surface area (Å²) in [6.45, 7) is -1.86. The summed E-state index contributed by atoms with van der Waals surface area (Å²) in [5.41, 5.74) is -3.56. The minimum absolute atomic E-state index is 0.00770. The zero-order chi connectivity index (χ0) is 29.8. The second-order valence-electron chi connectivity index (χ2n) is 9.20. The van der Waals surface area contributed by atoms with Crippen molar-refractivity contribution in [3.05, 3.63) is 46.9 Å². The average Bonchev–Trinajstić information content (AvgIpc) is 3.27. The maximum absolute atomic E-state index is 14.4. The Labute approximate surface area is 225 Å². The second kappa shape index (κ2) is 9.65. The Morgan fingerprint density at radius 2 is 1.82 bits per heavy atom. The first-order valence-corrected chi connectivity index (χ1v) is 11.7. The Bertz CT molecular complexity index is 1500. The van der Waals surface area contributed by atoms with E-state index in [0.29, 0.717) is 30.1 Å². The van der Waals surface area contributed by atoms with Crippen LogP contribution in [0.5, 0.6) is 0 Å². The van der Waals surface area contributed by atoms with E-state index in [9.17, 15) is 45.2 Å². The van der Waals surface area contributed by atoms with Crippen molar-refractivity contribution >= 4 is 23.2 Å². The number of nitrogens with one attached hydrogen (secondary N) is 1. The van der Waals surface area contributed by atoms with Gasteiger partial charge in [0.1, 0.15) is 17.8 Å². The monoisotopic (exact) mass is 595 g/mol. The van der Waals surface area contributed by atoms with E-state index in [-0.39, 0.29) is 21.0 Å². The van der Waals surface area contributed by atoms with Crippen LogP contribution in [0.2, 0.25) is 5.02 Å². The number of aryl methyl sites for hydroxylation is 1. The number of hydrogen-bond donors (Lipinski definition) is 1. The number of amides is 1. The molecule has 0 saturated heterocycles. The van der Waals surface area contributed by atoms with Gasteiger partial charge in [0, 0.05) is 25.9 Å². The number of carbonyl (C=O) groups is 1. The van der Waals surface area contributed by atoms with Gasteiger partial charge in [-0.3, -0.25) is 4.79 Å². The predicted molar refractivity (Wildman–Crippen MR) is 125 cm³/mol. The van der Waals surface area contributed by atoms with Gasteiger partial charge in [-0.1, -0.05) is 17.7 Å². The highest BCUT2D eigenvalue weighted by Crippen LogP contribution is 2.48. The minimum Gasteiger partial charge on any atom is -0.361 e. The topological polar surface area (TPSA) is 91.8 Å². The SMILES string of the molecule is CN(CC(F)(F)F)c1c(C(F)(F)C(F)(F)F)nn(C)c1-n1cc(-c2ccc(Cl)c(C(=O)NC3(C#N)CC3)c2)cn1. The number of aromatic nitrogens is 4. The van der Waals surface area contributed by atoms with E-state index in [1.54, 1.807) is 0 Å². The maximum Gasteiger partial charge on any atom is 0.459 e. The molecule has 0 spiro atoms. The molecule has 0 unspecified atom stereocenters. The highest BCUT2D eigenvalue weighted by Gasteiger charge is 2.62. The lowest BCUT2D eigenvalue weighted by Gasteiger charge is -2.25. The Morgan fingerprint density at radius 3 is 2.38 bits per heavy atom. The van der Waals surface area contributed by atoms with Crippen molar-refractivity contribution in [1.29, 1.82) is 5.26 Å². The van der Waals surface area contributed by atoms with Gasteiger partial charge in [0.15, 0.2) is 11.5 Å². The van der Waals surface area contributed by atoms with Crippen LogP contribution in [0.3, 0.4) is 0 Å². The number of hydrogen-bond acceptors (Lipinski definition) is 5. The molecule has 2 heterocycles. The Balaban J connectivity index is 1.78. The van der Waals surface area contributed by atoms with Gasteiger partial charge < -0.3 is 10.2 Å². The molecule has 0 atom stereocenters. The van der Waals surface area contributed by atoms with Crippen molar-refractivity contribution in [3.63, 3.8) is 0 Å². The van der Waals surface area contributed by atoms with Crippen LogP contribution in [0, 0.1) is 11.3 Å². The molecule has 1 saturated carbocycles. The summed E-state index contributed by atoms with van der Waals surface area (Å²) in [5, 5.41) is 19.0. The van der Waals surface area contributed by atoms with E-state index in [4.69, 9.17) is 11.6 Å². The number of alkyl halides is 8. The molecular weight excluding hydrogens is 578 g/mol. The molecule has 0 aliphatic heterocycles. The average molecular weight is 596 g/mol. The van der Waals surface area contributed by atoms with Crippen molar-refractivity contribution in [1.82, 2.24) is 24.9 Å². The molecule has 214 valence electrons. The number of nitrogens with zero attached hydrogens (tertiary/aromatic N) is 6. The van der Waals surface area contributed by atoms with Crippen LogP contribution in [0.4, 0.5) is 40.8 Å².